The first kappa shape index (κ1) is 16.9. The van der Waals surface area contributed by atoms with Crippen molar-refractivity contribution < 1.29 is 8.42 Å². The van der Waals surface area contributed by atoms with Gasteiger partial charge in [0.05, 0.1) is 0 Å². The summed E-state index contributed by atoms with van der Waals surface area (Å²) in [6.07, 6.45) is 7.91. The van der Waals surface area contributed by atoms with E-state index in [1.165, 1.54) is 30.6 Å². The molecule has 0 bridgehead atoms. The maximum atomic E-state index is 12.7. The van der Waals surface area contributed by atoms with E-state index in [0.717, 1.165) is 36.1 Å². The van der Waals surface area contributed by atoms with Gasteiger partial charge in [0.15, 0.2) is 0 Å². The van der Waals surface area contributed by atoms with Gasteiger partial charge in [0, 0.05) is 17.5 Å². The molecule has 1 aliphatic rings. The smallest absolute Gasteiger partial charge is 0.242 e. The van der Waals surface area contributed by atoms with Crippen molar-refractivity contribution in [2.45, 2.75) is 69.4 Å². The molecule has 0 aromatic carbocycles. The molecule has 0 radical (unpaired) electrons. The Bertz CT molecular complexity index is 544. The molecule has 0 saturated heterocycles. The van der Waals surface area contributed by atoms with Gasteiger partial charge in [-0.2, -0.15) is 0 Å². The summed E-state index contributed by atoms with van der Waals surface area (Å²) in [4.78, 5) is 1.39. The Morgan fingerprint density at radius 1 is 1.19 bits per heavy atom. The molecule has 6 heteroatoms. The minimum Gasteiger partial charge on any atom is -0.315 e. The van der Waals surface area contributed by atoms with Crippen LogP contribution in [-0.4, -0.2) is 21.5 Å². The number of sulfonamides is 1. The number of thiophene rings is 1. The van der Waals surface area contributed by atoms with Crippen LogP contribution in [0.3, 0.4) is 0 Å². The molecule has 1 aromatic rings. The average molecular weight is 331 g/mol. The summed E-state index contributed by atoms with van der Waals surface area (Å²) in [5, 5.41) is 4.98. The zero-order valence-electron chi connectivity index (χ0n) is 12.9. The lowest BCUT2D eigenvalue weighted by Gasteiger charge is -2.21. The zero-order valence-corrected chi connectivity index (χ0v) is 14.6. The van der Waals surface area contributed by atoms with E-state index in [1.54, 1.807) is 0 Å². The first-order valence-corrected chi connectivity index (χ1v) is 10.1. The minimum absolute atomic E-state index is 0.0945. The van der Waals surface area contributed by atoms with Crippen molar-refractivity contribution in [2.75, 3.05) is 7.05 Å². The largest absolute Gasteiger partial charge is 0.315 e. The van der Waals surface area contributed by atoms with Crippen LogP contribution in [0.15, 0.2) is 10.3 Å². The maximum Gasteiger partial charge on any atom is 0.242 e. The average Bonchev–Trinajstić information content (AvgIpc) is 2.75. The van der Waals surface area contributed by atoms with Gasteiger partial charge in [0.1, 0.15) is 4.90 Å². The summed E-state index contributed by atoms with van der Waals surface area (Å²) < 4.78 is 28.4. The third kappa shape index (κ3) is 4.52. The lowest BCUT2D eigenvalue weighted by Crippen LogP contribution is -2.36. The number of aryl methyl sites for hydroxylation is 1. The van der Waals surface area contributed by atoms with Gasteiger partial charge in [0.25, 0.3) is 0 Å². The summed E-state index contributed by atoms with van der Waals surface area (Å²) in [5.41, 5.74) is 0.851. The minimum atomic E-state index is -3.41. The molecule has 1 fully saturated rings. The van der Waals surface area contributed by atoms with Crippen LogP contribution < -0.4 is 10.0 Å². The Kier molecular flexibility index (Phi) is 6.22. The fourth-order valence-electron chi connectivity index (χ4n) is 2.98. The van der Waals surface area contributed by atoms with Crippen molar-refractivity contribution >= 4 is 21.4 Å². The molecule has 1 saturated carbocycles. The van der Waals surface area contributed by atoms with Crippen molar-refractivity contribution in [3.05, 3.63) is 15.8 Å². The van der Waals surface area contributed by atoms with Crippen molar-refractivity contribution in [3.63, 3.8) is 0 Å². The van der Waals surface area contributed by atoms with E-state index in [-0.39, 0.29) is 6.04 Å². The van der Waals surface area contributed by atoms with Crippen LogP contribution in [0, 0.1) is 6.92 Å². The van der Waals surface area contributed by atoms with Gasteiger partial charge in [-0.15, -0.1) is 11.3 Å². The molecule has 4 nitrogen and oxygen atoms in total. The highest BCUT2D eigenvalue weighted by molar-refractivity contribution is 7.89. The SMILES string of the molecule is CNCc1scc(C)c1S(=O)(=O)NC1CCCCCCC1. The molecule has 21 heavy (non-hydrogen) atoms. The summed E-state index contributed by atoms with van der Waals surface area (Å²) >= 11 is 1.52. The zero-order chi connectivity index (χ0) is 15.3. The van der Waals surface area contributed by atoms with Crippen LogP contribution in [-0.2, 0) is 16.6 Å². The second-order valence-corrected chi connectivity index (χ2v) is 8.48. The molecule has 1 heterocycles. The fourth-order valence-corrected chi connectivity index (χ4v) is 6.11. The van der Waals surface area contributed by atoms with Crippen LogP contribution in [0.25, 0.3) is 0 Å². The lowest BCUT2D eigenvalue weighted by molar-refractivity contribution is 0.426. The van der Waals surface area contributed by atoms with Gasteiger partial charge in [0.2, 0.25) is 10.0 Å². The lowest BCUT2D eigenvalue weighted by atomic mass is 9.97. The highest BCUT2D eigenvalue weighted by atomic mass is 32.2. The monoisotopic (exact) mass is 330 g/mol. The van der Waals surface area contributed by atoms with E-state index >= 15 is 0 Å². The molecule has 0 atom stereocenters. The third-order valence-corrected chi connectivity index (χ3v) is 7.01. The number of hydrogen-bond acceptors (Lipinski definition) is 4. The standard InChI is InChI=1S/C15H26N2O2S2/c1-12-11-20-14(10-16-2)15(12)21(18,19)17-13-8-6-4-3-5-7-9-13/h11,13,16-17H,3-10H2,1-2H3. The van der Waals surface area contributed by atoms with Crippen molar-refractivity contribution in [1.82, 2.24) is 10.0 Å². The van der Waals surface area contributed by atoms with E-state index in [1.807, 2.05) is 19.4 Å². The second-order valence-electron chi connectivity index (χ2n) is 5.86. The first-order valence-electron chi connectivity index (χ1n) is 7.78. The predicted octanol–water partition coefficient (Wildman–Crippen LogP) is 3.17. The van der Waals surface area contributed by atoms with Crippen LogP contribution >= 0.6 is 11.3 Å². The van der Waals surface area contributed by atoms with Crippen LogP contribution in [0.4, 0.5) is 0 Å². The molecular formula is C15H26N2O2S2. The third-order valence-electron chi connectivity index (χ3n) is 4.02. The van der Waals surface area contributed by atoms with E-state index in [2.05, 4.69) is 10.0 Å². The molecule has 0 amide bonds. The maximum absolute atomic E-state index is 12.7. The topological polar surface area (TPSA) is 58.2 Å². The predicted molar refractivity (Wildman–Crippen MR) is 88.2 cm³/mol. The summed E-state index contributed by atoms with van der Waals surface area (Å²) in [6, 6.07) is 0.0945. The van der Waals surface area contributed by atoms with E-state index in [9.17, 15) is 8.42 Å². The number of rotatable bonds is 5. The van der Waals surface area contributed by atoms with Crippen LogP contribution in [0.5, 0.6) is 0 Å². The Labute approximate surface area is 132 Å². The highest BCUT2D eigenvalue weighted by Gasteiger charge is 2.26. The normalized spacial score (nSPS) is 18.4. The Morgan fingerprint density at radius 3 is 2.43 bits per heavy atom. The summed E-state index contributed by atoms with van der Waals surface area (Å²) in [5.74, 6) is 0. The van der Waals surface area contributed by atoms with Gasteiger partial charge < -0.3 is 5.32 Å². The van der Waals surface area contributed by atoms with Crippen LogP contribution in [0.1, 0.15) is 55.4 Å². The Hall–Kier alpha value is -0.430. The Morgan fingerprint density at radius 2 is 1.81 bits per heavy atom. The van der Waals surface area contributed by atoms with Gasteiger partial charge in [-0.3, -0.25) is 0 Å². The molecule has 1 aromatic heterocycles. The van der Waals surface area contributed by atoms with Crippen LogP contribution in [0.2, 0.25) is 0 Å². The quantitative estimate of drug-likeness (QED) is 0.872. The van der Waals surface area contributed by atoms with Gasteiger partial charge >= 0.3 is 0 Å². The second kappa shape index (κ2) is 7.72. The number of nitrogens with one attached hydrogen (secondary N) is 2. The van der Waals surface area contributed by atoms with E-state index in [4.69, 9.17) is 0 Å². The molecule has 0 spiro atoms. The Balaban J connectivity index is 2.15. The van der Waals surface area contributed by atoms with Gasteiger partial charge in [-0.05, 0) is 37.8 Å². The molecule has 1 aliphatic carbocycles. The molecule has 0 unspecified atom stereocenters. The van der Waals surface area contributed by atoms with E-state index < -0.39 is 10.0 Å². The van der Waals surface area contributed by atoms with E-state index in [0.29, 0.717) is 11.4 Å². The molecule has 2 rings (SSSR count). The molecular weight excluding hydrogens is 304 g/mol. The fraction of sp³-hybridized carbons (Fsp3) is 0.733. The van der Waals surface area contributed by atoms with Crippen molar-refractivity contribution in [2.24, 2.45) is 0 Å². The van der Waals surface area contributed by atoms with Crippen molar-refractivity contribution in [1.29, 1.82) is 0 Å². The first-order chi connectivity index (χ1) is 10.0. The summed E-state index contributed by atoms with van der Waals surface area (Å²) in [7, 11) is -1.57. The van der Waals surface area contributed by atoms with Gasteiger partial charge in [-0.25, -0.2) is 13.1 Å². The molecule has 2 N–H and O–H groups in total. The summed E-state index contributed by atoms with van der Waals surface area (Å²) in [6.45, 7) is 2.47. The van der Waals surface area contributed by atoms with Gasteiger partial charge in [-0.1, -0.05) is 32.1 Å². The molecule has 120 valence electrons. The molecule has 0 aliphatic heterocycles. The number of hydrogen-bond donors (Lipinski definition) is 2. The van der Waals surface area contributed by atoms with Crippen molar-refractivity contribution in [3.8, 4) is 0 Å². The highest BCUT2D eigenvalue weighted by Crippen LogP contribution is 2.28.